The fraction of sp³-hybridized carbons (Fsp3) is 0.538. The Morgan fingerprint density at radius 2 is 1.56 bits per heavy atom. The summed E-state index contributed by atoms with van der Waals surface area (Å²) >= 11 is 0. The lowest BCUT2D eigenvalue weighted by Gasteiger charge is -2.05. The molecule has 0 atom stereocenters. The highest BCUT2D eigenvalue weighted by molar-refractivity contribution is 5.13. The lowest BCUT2D eigenvalue weighted by molar-refractivity contribution is 0.0703. The summed E-state index contributed by atoms with van der Waals surface area (Å²) in [7, 11) is 0. The molecule has 0 fully saturated rings. The summed E-state index contributed by atoms with van der Waals surface area (Å²) in [5, 5.41) is 8.53. The first kappa shape index (κ1) is 13.2. The van der Waals surface area contributed by atoms with Crippen LogP contribution in [0.15, 0.2) is 30.3 Å². The molecule has 1 N–H and O–H groups in total. The van der Waals surface area contributed by atoms with Gasteiger partial charge < -0.3 is 14.6 Å². The van der Waals surface area contributed by atoms with Crippen LogP contribution in [0.5, 0.6) is 0 Å². The third-order valence-corrected chi connectivity index (χ3v) is 2.14. The molecule has 0 unspecified atom stereocenters. The van der Waals surface area contributed by atoms with Crippen LogP contribution in [0.1, 0.15) is 18.4 Å². The van der Waals surface area contributed by atoms with E-state index in [0.29, 0.717) is 32.8 Å². The summed E-state index contributed by atoms with van der Waals surface area (Å²) in [6, 6.07) is 10.1. The minimum Gasteiger partial charge on any atom is -0.396 e. The molecule has 0 saturated heterocycles. The zero-order valence-electron chi connectivity index (χ0n) is 9.60. The van der Waals surface area contributed by atoms with E-state index in [2.05, 4.69) is 12.1 Å². The number of hydrogen-bond donors (Lipinski definition) is 1. The highest BCUT2D eigenvalue weighted by Gasteiger charge is 1.92. The van der Waals surface area contributed by atoms with Crippen LogP contribution in [0, 0.1) is 0 Å². The largest absolute Gasteiger partial charge is 0.396 e. The molecule has 90 valence electrons. The van der Waals surface area contributed by atoms with Gasteiger partial charge in [-0.3, -0.25) is 0 Å². The van der Waals surface area contributed by atoms with E-state index in [-0.39, 0.29) is 6.61 Å². The first-order valence-corrected chi connectivity index (χ1v) is 5.74. The van der Waals surface area contributed by atoms with E-state index in [9.17, 15) is 0 Å². The molecule has 0 bridgehead atoms. The quantitative estimate of drug-likeness (QED) is 0.652. The monoisotopic (exact) mass is 224 g/mol. The number of aliphatic hydroxyl groups is 1. The second kappa shape index (κ2) is 9.33. The molecule has 0 amide bonds. The number of ether oxygens (including phenoxy) is 2. The van der Waals surface area contributed by atoms with Crippen molar-refractivity contribution < 1.29 is 14.6 Å². The minimum absolute atomic E-state index is 0.199. The third kappa shape index (κ3) is 6.56. The van der Waals surface area contributed by atoms with Crippen molar-refractivity contribution in [1.82, 2.24) is 0 Å². The molecule has 0 aliphatic heterocycles. The first-order valence-electron chi connectivity index (χ1n) is 5.74. The average Bonchev–Trinajstić information content (AvgIpc) is 2.34. The molecule has 0 heterocycles. The molecule has 0 aliphatic rings. The highest BCUT2D eigenvalue weighted by atomic mass is 16.5. The van der Waals surface area contributed by atoms with Crippen LogP contribution in [-0.2, 0) is 16.1 Å². The summed E-state index contributed by atoms with van der Waals surface area (Å²) in [6.07, 6.45) is 1.61. The van der Waals surface area contributed by atoms with Crippen LogP contribution < -0.4 is 0 Å². The summed E-state index contributed by atoms with van der Waals surface area (Å²) < 4.78 is 10.8. The Bertz CT molecular complexity index is 249. The van der Waals surface area contributed by atoms with Gasteiger partial charge >= 0.3 is 0 Å². The molecule has 3 nitrogen and oxygen atoms in total. The Hall–Kier alpha value is -0.900. The van der Waals surface area contributed by atoms with Crippen LogP contribution in [0.25, 0.3) is 0 Å². The van der Waals surface area contributed by atoms with Crippen LogP contribution in [0.4, 0.5) is 0 Å². The Morgan fingerprint density at radius 3 is 2.31 bits per heavy atom. The van der Waals surface area contributed by atoms with Gasteiger partial charge in [-0.05, 0) is 18.4 Å². The van der Waals surface area contributed by atoms with Gasteiger partial charge in [-0.15, -0.1) is 0 Å². The Labute approximate surface area is 97.0 Å². The van der Waals surface area contributed by atoms with Crippen molar-refractivity contribution in [3.8, 4) is 0 Å². The highest BCUT2D eigenvalue weighted by Crippen LogP contribution is 2.00. The number of aliphatic hydroxyl groups excluding tert-OH is 1. The molecular formula is C13H20O3. The van der Waals surface area contributed by atoms with Gasteiger partial charge in [-0.1, -0.05) is 30.3 Å². The van der Waals surface area contributed by atoms with E-state index < -0.39 is 0 Å². The molecule has 0 saturated carbocycles. The van der Waals surface area contributed by atoms with Crippen LogP contribution in [-0.4, -0.2) is 31.5 Å². The van der Waals surface area contributed by atoms with Crippen LogP contribution in [0.2, 0.25) is 0 Å². The standard InChI is InChI=1S/C13H20O3/c14-8-4-9-15-10-5-11-16-12-13-6-2-1-3-7-13/h1-3,6-7,14H,4-5,8-12H2. The normalized spacial score (nSPS) is 10.6. The second-order valence-electron chi connectivity index (χ2n) is 3.58. The van der Waals surface area contributed by atoms with Crippen LogP contribution in [0.3, 0.4) is 0 Å². The molecule has 0 spiro atoms. The Morgan fingerprint density at radius 1 is 0.875 bits per heavy atom. The van der Waals surface area contributed by atoms with Gasteiger partial charge in [0.1, 0.15) is 0 Å². The van der Waals surface area contributed by atoms with Crippen molar-refractivity contribution in [1.29, 1.82) is 0 Å². The van der Waals surface area contributed by atoms with Gasteiger partial charge in [-0.2, -0.15) is 0 Å². The van der Waals surface area contributed by atoms with Gasteiger partial charge in [0.25, 0.3) is 0 Å². The van der Waals surface area contributed by atoms with Gasteiger partial charge in [0.15, 0.2) is 0 Å². The Kier molecular flexibility index (Phi) is 7.68. The summed E-state index contributed by atoms with van der Waals surface area (Å²) in [4.78, 5) is 0. The molecular weight excluding hydrogens is 204 g/mol. The fourth-order valence-electron chi connectivity index (χ4n) is 1.30. The molecule has 0 radical (unpaired) electrons. The first-order chi connectivity index (χ1) is 7.93. The molecule has 1 rings (SSSR count). The number of rotatable bonds is 9. The molecule has 1 aromatic carbocycles. The van der Waals surface area contributed by atoms with E-state index >= 15 is 0 Å². The van der Waals surface area contributed by atoms with E-state index in [0.717, 1.165) is 6.42 Å². The minimum atomic E-state index is 0.199. The van der Waals surface area contributed by atoms with E-state index in [1.807, 2.05) is 18.2 Å². The van der Waals surface area contributed by atoms with Gasteiger partial charge in [-0.25, -0.2) is 0 Å². The average molecular weight is 224 g/mol. The Balaban J connectivity index is 1.89. The maximum Gasteiger partial charge on any atom is 0.0716 e. The molecule has 0 aliphatic carbocycles. The lowest BCUT2D eigenvalue weighted by Crippen LogP contribution is -2.03. The number of benzene rings is 1. The number of hydrogen-bond acceptors (Lipinski definition) is 3. The van der Waals surface area contributed by atoms with Gasteiger partial charge in [0.05, 0.1) is 6.61 Å². The zero-order valence-corrected chi connectivity index (χ0v) is 9.60. The van der Waals surface area contributed by atoms with E-state index in [4.69, 9.17) is 14.6 Å². The van der Waals surface area contributed by atoms with Crippen molar-refractivity contribution >= 4 is 0 Å². The van der Waals surface area contributed by atoms with E-state index in [1.165, 1.54) is 5.56 Å². The van der Waals surface area contributed by atoms with Crippen molar-refractivity contribution in [2.45, 2.75) is 19.4 Å². The second-order valence-corrected chi connectivity index (χ2v) is 3.58. The van der Waals surface area contributed by atoms with Gasteiger partial charge in [0.2, 0.25) is 0 Å². The van der Waals surface area contributed by atoms with Crippen molar-refractivity contribution in [2.75, 3.05) is 26.4 Å². The summed E-state index contributed by atoms with van der Waals surface area (Å²) in [6.45, 7) is 2.92. The summed E-state index contributed by atoms with van der Waals surface area (Å²) in [5.74, 6) is 0. The lowest BCUT2D eigenvalue weighted by atomic mass is 10.2. The summed E-state index contributed by atoms with van der Waals surface area (Å²) in [5.41, 5.74) is 1.20. The maximum absolute atomic E-state index is 8.53. The predicted octanol–water partition coefficient (Wildman–Crippen LogP) is 1.99. The van der Waals surface area contributed by atoms with Crippen molar-refractivity contribution in [3.05, 3.63) is 35.9 Å². The third-order valence-electron chi connectivity index (χ3n) is 2.14. The molecule has 0 aromatic heterocycles. The maximum atomic E-state index is 8.53. The van der Waals surface area contributed by atoms with E-state index in [1.54, 1.807) is 0 Å². The molecule has 16 heavy (non-hydrogen) atoms. The predicted molar refractivity (Wildman–Crippen MR) is 63.2 cm³/mol. The van der Waals surface area contributed by atoms with Gasteiger partial charge in [0, 0.05) is 26.4 Å². The molecule has 3 heteroatoms. The zero-order chi connectivity index (χ0) is 11.5. The fourth-order valence-corrected chi connectivity index (χ4v) is 1.30. The smallest absolute Gasteiger partial charge is 0.0716 e. The van der Waals surface area contributed by atoms with Crippen molar-refractivity contribution in [2.24, 2.45) is 0 Å². The molecule has 1 aromatic rings. The van der Waals surface area contributed by atoms with Crippen LogP contribution >= 0.6 is 0 Å². The van der Waals surface area contributed by atoms with Crippen molar-refractivity contribution in [3.63, 3.8) is 0 Å². The SMILES string of the molecule is OCCCOCCCOCc1ccccc1. The topological polar surface area (TPSA) is 38.7 Å².